The Bertz CT molecular complexity index is 799. The highest BCUT2D eigenvalue weighted by molar-refractivity contribution is 6.33. The van der Waals surface area contributed by atoms with Crippen LogP contribution in [-0.2, 0) is 14.3 Å². The highest BCUT2D eigenvalue weighted by Crippen LogP contribution is 2.28. The first-order chi connectivity index (χ1) is 11.2. The molecule has 4 rings (SSSR count). The molecule has 0 spiro atoms. The van der Waals surface area contributed by atoms with Gasteiger partial charge in [-0.25, -0.2) is 0 Å². The van der Waals surface area contributed by atoms with Crippen LogP contribution in [0.5, 0.6) is 0 Å². The Morgan fingerprint density at radius 2 is 2.00 bits per heavy atom. The van der Waals surface area contributed by atoms with Crippen LogP contribution in [0.15, 0.2) is 36.5 Å². The number of benzene rings is 1. The van der Waals surface area contributed by atoms with Gasteiger partial charge >= 0.3 is 0 Å². The zero-order valence-corrected chi connectivity index (χ0v) is 12.7. The van der Waals surface area contributed by atoms with Gasteiger partial charge in [-0.3, -0.25) is 14.5 Å². The average Bonchev–Trinajstić information content (AvgIpc) is 3.15. The SMILES string of the molecule is O=C1C=C(c2ccc3cc[nH]c3c2)C(=O)N1CC1CCOCC1. The standard InChI is InChI=1S/C18H18N2O3/c21-17-10-15(14-2-1-13-3-6-19-16(13)9-14)18(22)20(17)11-12-4-7-23-8-5-12/h1-3,6,9-10,12,19H,4-5,7-8,11H2. The number of carbonyl (C=O) groups is 2. The molecule has 0 atom stereocenters. The van der Waals surface area contributed by atoms with Crippen molar-refractivity contribution < 1.29 is 14.3 Å². The molecule has 0 saturated carbocycles. The van der Waals surface area contributed by atoms with Crippen LogP contribution in [-0.4, -0.2) is 41.5 Å². The highest BCUT2D eigenvalue weighted by Gasteiger charge is 2.33. The molecule has 1 aromatic heterocycles. The molecule has 5 nitrogen and oxygen atoms in total. The van der Waals surface area contributed by atoms with Gasteiger partial charge in [0, 0.05) is 37.5 Å². The van der Waals surface area contributed by atoms with E-state index < -0.39 is 0 Å². The number of aromatic amines is 1. The molecule has 0 bridgehead atoms. The van der Waals surface area contributed by atoms with Gasteiger partial charge in [0.2, 0.25) is 0 Å². The third-order valence-corrected chi connectivity index (χ3v) is 4.66. The average molecular weight is 310 g/mol. The number of nitrogens with one attached hydrogen (secondary N) is 1. The summed E-state index contributed by atoms with van der Waals surface area (Å²) in [5.41, 5.74) is 2.23. The Kier molecular flexibility index (Phi) is 3.50. The first-order valence-corrected chi connectivity index (χ1v) is 7.95. The smallest absolute Gasteiger partial charge is 0.261 e. The second kappa shape index (κ2) is 5.66. The number of nitrogens with zero attached hydrogens (tertiary/aromatic N) is 1. The summed E-state index contributed by atoms with van der Waals surface area (Å²) >= 11 is 0. The number of aromatic nitrogens is 1. The minimum Gasteiger partial charge on any atom is -0.381 e. The van der Waals surface area contributed by atoms with Gasteiger partial charge in [-0.15, -0.1) is 0 Å². The Labute approximate surface area is 133 Å². The molecular weight excluding hydrogens is 292 g/mol. The number of carbonyl (C=O) groups excluding carboxylic acids is 2. The van der Waals surface area contributed by atoms with Crippen molar-refractivity contribution in [1.29, 1.82) is 0 Å². The molecule has 1 N–H and O–H groups in total. The maximum Gasteiger partial charge on any atom is 0.261 e. The molecular formula is C18H18N2O3. The van der Waals surface area contributed by atoms with Crippen LogP contribution in [0.3, 0.4) is 0 Å². The van der Waals surface area contributed by atoms with Crippen molar-refractivity contribution in [2.24, 2.45) is 5.92 Å². The molecule has 1 aromatic carbocycles. The van der Waals surface area contributed by atoms with Gasteiger partial charge in [0.1, 0.15) is 0 Å². The zero-order chi connectivity index (χ0) is 15.8. The Morgan fingerprint density at radius 1 is 1.17 bits per heavy atom. The zero-order valence-electron chi connectivity index (χ0n) is 12.7. The van der Waals surface area contributed by atoms with Crippen molar-refractivity contribution in [2.45, 2.75) is 12.8 Å². The normalized spacial score (nSPS) is 19.7. The van der Waals surface area contributed by atoms with Gasteiger partial charge < -0.3 is 9.72 Å². The predicted molar refractivity (Wildman–Crippen MR) is 86.5 cm³/mol. The lowest BCUT2D eigenvalue weighted by atomic mass is 9.99. The van der Waals surface area contributed by atoms with Gasteiger partial charge in [-0.1, -0.05) is 12.1 Å². The Balaban J connectivity index is 1.56. The molecule has 3 heterocycles. The second-order valence-electron chi connectivity index (χ2n) is 6.15. The fraction of sp³-hybridized carbons (Fsp3) is 0.333. The van der Waals surface area contributed by atoms with Crippen molar-refractivity contribution in [3.63, 3.8) is 0 Å². The van der Waals surface area contributed by atoms with E-state index in [1.807, 2.05) is 30.5 Å². The lowest BCUT2D eigenvalue weighted by Crippen LogP contribution is -2.37. The maximum absolute atomic E-state index is 12.7. The minimum atomic E-state index is -0.205. The molecule has 1 fully saturated rings. The summed E-state index contributed by atoms with van der Waals surface area (Å²) in [6, 6.07) is 7.75. The number of fused-ring (bicyclic) bond motifs is 1. The lowest BCUT2D eigenvalue weighted by Gasteiger charge is -2.26. The van der Waals surface area contributed by atoms with Crippen molar-refractivity contribution >= 4 is 28.3 Å². The summed E-state index contributed by atoms with van der Waals surface area (Å²) in [6.45, 7) is 1.92. The molecule has 5 heteroatoms. The van der Waals surface area contributed by atoms with E-state index in [0.29, 0.717) is 31.2 Å². The Morgan fingerprint density at radius 3 is 2.83 bits per heavy atom. The summed E-state index contributed by atoms with van der Waals surface area (Å²) in [6.07, 6.45) is 5.13. The fourth-order valence-electron chi connectivity index (χ4n) is 3.29. The number of hydrogen-bond acceptors (Lipinski definition) is 3. The summed E-state index contributed by atoms with van der Waals surface area (Å²) in [4.78, 5) is 29.4. The molecule has 118 valence electrons. The van der Waals surface area contributed by atoms with E-state index in [9.17, 15) is 9.59 Å². The molecule has 0 aliphatic carbocycles. The van der Waals surface area contributed by atoms with Crippen LogP contribution in [0, 0.1) is 5.92 Å². The number of imide groups is 1. The fourth-order valence-corrected chi connectivity index (χ4v) is 3.29. The van der Waals surface area contributed by atoms with E-state index >= 15 is 0 Å². The summed E-state index contributed by atoms with van der Waals surface area (Å²) in [7, 11) is 0. The molecule has 23 heavy (non-hydrogen) atoms. The van der Waals surface area contributed by atoms with Gasteiger partial charge in [-0.2, -0.15) is 0 Å². The number of rotatable bonds is 3. The van der Waals surface area contributed by atoms with Crippen molar-refractivity contribution in [1.82, 2.24) is 9.88 Å². The summed E-state index contributed by atoms with van der Waals surface area (Å²) < 4.78 is 5.34. The van der Waals surface area contributed by atoms with Crippen molar-refractivity contribution in [2.75, 3.05) is 19.8 Å². The topological polar surface area (TPSA) is 62.4 Å². The van der Waals surface area contributed by atoms with Crippen LogP contribution < -0.4 is 0 Å². The van der Waals surface area contributed by atoms with Gasteiger partial charge in [0.15, 0.2) is 0 Å². The van der Waals surface area contributed by atoms with Crippen LogP contribution in [0.1, 0.15) is 18.4 Å². The van der Waals surface area contributed by atoms with Crippen LogP contribution in [0.25, 0.3) is 16.5 Å². The summed E-state index contributed by atoms with van der Waals surface area (Å²) in [5, 5.41) is 1.09. The first-order valence-electron chi connectivity index (χ1n) is 7.95. The van der Waals surface area contributed by atoms with E-state index in [4.69, 9.17) is 4.74 Å². The third-order valence-electron chi connectivity index (χ3n) is 4.66. The third kappa shape index (κ3) is 2.57. The molecule has 2 aromatic rings. The van der Waals surface area contributed by atoms with Crippen LogP contribution in [0.4, 0.5) is 0 Å². The Hall–Kier alpha value is -2.40. The van der Waals surface area contributed by atoms with E-state index in [-0.39, 0.29) is 11.8 Å². The van der Waals surface area contributed by atoms with Crippen LogP contribution >= 0.6 is 0 Å². The molecule has 1 saturated heterocycles. The second-order valence-corrected chi connectivity index (χ2v) is 6.15. The molecule has 2 amide bonds. The number of amides is 2. The lowest BCUT2D eigenvalue weighted by molar-refractivity contribution is -0.137. The largest absolute Gasteiger partial charge is 0.381 e. The van der Waals surface area contributed by atoms with Gasteiger partial charge in [-0.05, 0) is 41.8 Å². The predicted octanol–water partition coefficient (Wildman–Crippen LogP) is 2.35. The van der Waals surface area contributed by atoms with E-state index in [1.54, 1.807) is 0 Å². The number of hydrogen-bond donors (Lipinski definition) is 1. The number of ether oxygens (including phenoxy) is 1. The minimum absolute atomic E-state index is 0.188. The highest BCUT2D eigenvalue weighted by atomic mass is 16.5. The monoisotopic (exact) mass is 310 g/mol. The molecule has 2 aliphatic heterocycles. The molecule has 0 unspecified atom stereocenters. The summed E-state index contributed by atoms with van der Waals surface area (Å²) in [5.74, 6) is -0.0502. The van der Waals surface area contributed by atoms with Crippen molar-refractivity contribution in [3.8, 4) is 0 Å². The van der Waals surface area contributed by atoms with E-state index in [1.165, 1.54) is 11.0 Å². The van der Waals surface area contributed by atoms with Gasteiger partial charge in [0.25, 0.3) is 11.8 Å². The van der Waals surface area contributed by atoms with Crippen LogP contribution in [0.2, 0.25) is 0 Å². The maximum atomic E-state index is 12.7. The quantitative estimate of drug-likeness (QED) is 0.885. The van der Waals surface area contributed by atoms with Gasteiger partial charge in [0.05, 0.1) is 5.57 Å². The number of H-pyrrole nitrogens is 1. The first kappa shape index (κ1) is 14.2. The van der Waals surface area contributed by atoms with Crippen molar-refractivity contribution in [3.05, 3.63) is 42.1 Å². The molecule has 0 radical (unpaired) electrons. The molecule has 2 aliphatic rings. The van der Waals surface area contributed by atoms with E-state index in [0.717, 1.165) is 29.3 Å². The van der Waals surface area contributed by atoms with E-state index in [2.05, 4.69) is 4.98 Å².